The number of nitriles is 1. The van der Waals surface area contributed by atoms with Crippen LogP contribution in [0.5, 0.6) is 0 Å². The molecular weight excluding hydrogens is 424 g/mol. The lowest BCUT2D eigenvalue weighted by Crippen LogP contribution is -2.32. The minimum absolute atomic E-state index is 0.0669. The number of fused-ring (bicyclic) bond motifs is 1. The van der Waals surface area contributed by atoms with Gasteiger partial charge in [0.2, 0.25) is 0 Å². The van der Waals surface area contributed by atoms with E-state index in [0.717, 1.165) is 16.8 Å². The predicted octanol–water partition coefficient (Wildman–Crippen LogP) is 2.28. The first kappa shape index (κ1) is 20.4. The van der Waals surface area contributed by atoms with E-state index in [2.05, 4.69) is 16.5 Å². The summed E-state index contributed by atoms with van der Waals surface area (Å²) < 4.78 is 25.3. The maximum atomic E-state index is 11.9. The van der Waals surface area contributed by atoms with E-state index in [0.29, 0.717) is 30.9 Å². The average Bonchev–Trinajstić information content (AvgIpc) is 3.24. The van der Waals surface area contributed by atoms with E-state index in [1.165, 1.54) is 0 Å². The van der Waals surface area contributed by atoms with E-state index >= 15 is 0 Å². The van der Waals surface area contributed by atoms with Crippen LogP contribution < -0.4 is 10.9 Å². The van der Waals surface area contributed by atoms with Crippen LogP contribution in [0.1, 0.15) is 47.3 Å². The molecule has 0 radical (unpaired) electrons. The van der Waals surface area contributed by atoms with Crippen LogP contribution in [0, 0.1) is 16.7 Å². The molecule has 2 aromatic heterocycles. The third kappa shape index (κ3) is 3.56. The Hall–Kier alpha value is -3.51. The van der Waals surface area contributed by atoms with Crippen molar-refractivity contribution in [1.82, 2.24) is 14.6 Å². The summed E-state index contributed by atoms with van der Waals surface area (Å²) in [6, 6.07) is 16.1. The molecule has 1 unspecified atom stereocenters. The van der Waals surface area contributed by atoms with Crippen LogP contribution in [0.2, 0.25) is 0 Å². The van der Waals surface area contributed by atoms with Crippen molar-refractivity contribution in [2.75, 3.05) is 23.5 Å². The molecule has 0 spiro atoms. The second kappa shape index (κ2) is 7.88. The Kier molecular flexibility index (Phi) is 5.02. The zero-order valence-electron chi connectivity index (χ0n) is 17.3. The molecule has 162 valence electrons. The van der Waals surface area contributed by atoms with Gasteiger partial charge in [0.1, 0.15) is 27.3 Å². The molecule has 32 heavy (non-hydrogen) atoms. The number of sulfone groups is 1. The lowest BCUT2D eigenvalue weighted by molar-refractivity contribution is 0.539. The molecular formula is C23H22N6O2S. The highest BCUT2D eigenvalue weighted by atomic mass is 32.2. The monoisotopic (exact) mass is 446 g/mol. The zero-order chi connectivity index (χ0) is 22.3. The van der Waals surface area contributed by atoms with E-state index in [4.69, 9.17) is 10.4 Å². The number of hydrogen-bond donors (Lipinski definition) is 2. The van der Waals surface area contributed by atoms with Crippen molar-refractivity contribution in [2.24, 2.45) is 0 Å². The Labute approximate surface area is 186 Å². The highest BCUT2D eigenvalue weighted by Gasteiger charge is 2.33. The molecule has 1 atom stereocenters. The van der Waals surface area contributed by atoms with Gasteiger partial charge in [-0.1, -0.05) is 36.4 Å². The van der Waals surface area contributed by atoms with E-state index in [-0.39, 0.29) is 34.4 Å². The van der Waals surface area contributed by atoms with Crippen LogP contribution in [0.15, 0.2) is 48.7 Å². The van der Waals surface area contributed by atoms with Crippen LogP contribution in [-0.4, -0.2) is 41.1 Å². The molecule has 2 aliphatic heterocycles. The largest absolute Gasteiger partial charge is 0.322 e. The van der Waals surface area contributed by atoms with Gasteiger partial charge in [-0.25, -0.2) is 18.1 Å². The van der Waals surface area contributed by atoms with Gasteiger partial charge in [-0.2, -0.15) is 5.26 Å². The third-order valence-electron chi connectivity index (χ3n) is 6.26. The minimum atomic E-state index is -3.03. The quantitative estimate of drug-likeness (QED) is 0.636. The molecule has 0 aliphatic carbocycles. The summed E-state index contributed by atoms with van der Waals surface area (Å²) in [7, 11) is -3.03. The molecule has 9 heteroatoms. The molecule has 2 aliphatic rings. The molecule has 1 aromatic carbocycles. The van der Waals surface area contributed by atoms with E-state index in [1.54, 1.807) is 4.68 Å². The van der Waals surface area contributed by atoms with Crippen molar-refractivity contribution < 1.29 is 8.42 Å². The first-order valence-electron chi connectivity index (χ1n) is 10.5. The van der Waals surface area contributed by atoms with Crippen molar-refractivity contribution >= 4 is 9.84 Å². The van der Waals surface area contributed by atoms with E-state index in [9.17, 15) is 13.7 Å². The minimum Gasteiger partial charge on any atom is -0.322 e. The number of rotatable bonds is 3. The summed E-state index contributed by atoms with van der Waals surface area (Å²) in [4.78, 5) is 9.45. The zero-order valence-corrected chi connectivity index (χ0v) is 18.1. The summed E-state index contributed by atoms with van der Waals surface area (Å²) in [5, 5.41) is 18.3. The highest BCUT2D eigenvalue weighted by Crippen LogP contribution is 2.32. The smallest absolute Gasteiger partial charge is 0.165 e. The van der Waals surface area contributed by atoms with Crippen molar-refractivity contribution in [3.63, 3.8) is 0 Å². The van der Waals surface area contributed by atoms with E-state index < -0.39 is 9.84 Å². The molecule has 0 amide bonds. The fourth-order valence-corrected chi connectivity index (χ4v) is 5.96. The van der Waals surface area contributed by atoms with Crippen molar-refractivity contribution in [2.45, 2.75) is 24.7 Å². The number of nitrogens with zero attached hydrogens (tertiary/aromatic N) is 4. The average molecular weight is 447 g/mol. The lowest BCUT2D eigenvalue weighted by Gasteiger charge is -2.23. The molecule has 1 saturated heterocycles. The van der Waals surface area contributed by atoms with Crippen molar-refractivity contribution in [1.29, 1.82) is 10.7 Å². The maximum Gasteiger partial charge on any atom is 0.165 e. The molecule has 1 fully saturated rings. The second-order valence-electron chi connectivity index (χ2n) is 8.21. The summed E-state index contributed by atoms with van der Waals surface area (Å²) in [6.07, 6.45) is 2.69. The topological polar surface area (TPSA) is 125 Å². The number of nitrogens with one attached hydrogen (secondary N) is 2. The van der Waals surface area contributed by atoms with Gasteiger partial charge in [0.25, 0.3) is 0 Å². The first-order valence-corrected chi connectivity index (χ1v) is 12.4. The molecule has 3 aromatic rings. The van der Waals surface area contributed by atoms with Crippen LogP contribution >= 0.6 is 0 Å². The summed E-state index contributed by atoms with van der Waals surface area (Å²) in [6.45, 7) is 0.540. The van der Waals surface area contributed by atoms with Gasteiger partial charge >= 0.3 is 0 Å². The number of pyridine rings is 1. The number of benzene rings is 1. The van der Waals surface area contributed by atoms with Crippen molar-refractivity contribution in [3.8, 4) is 17.3 Å². The fraction of sp³-hybridized carbons (Fsp3) is 0.304. The predicted molar refractivity (Wildman–Crippen MR) is 119 cm³/mol. The standard InChI is InChI=1S/C23H22N6O2S/c24-12-18-21(16-8-10-32(30,31)11-9-16)28-23-19(14-27-29(23)22(18)25)17-6-7-20(26-13-17)15-4-2-1-3-5-15/h1-7,13,16,19,25,27H,8-11,14H2. The Morgan fingerprint density at radius 2 is 1.88 bits per heavy atom. The molecule has 8 nitrogen and oxygen atoms in total. The number of aromatic nitrogens is 3. The van der Waals surface area contributed by atoms with Gasteiger partial charge in [-0.3, -0.25) is 10.4 Å². The van der Waals surface area contributed by atoms with Crippen LogP contribution in [0.25, 0.3) is 11.3 Å². The second-order valence-corrected chi connectivity index (χ2v) is 10.5. The molecule has 0 bridgehead atoms. The SMILES string of the molecule is N#Cc1c(C2CCS(=O)(=O)CC2)nc2n(c1=N)NCC2c1ccc(-c2ccccc2)nc1. The molecule has 0 saturated carbocycles. The number of hydrogen-bond acceptors (Lipinski definition) is 7. The van der Waals surface area contributed by atoms with Crippen molar-refractivity contribution in [3.05, 3.63) is 76.8 Å². The van der Waals surface area contributed by atoms with E-state index in [1.807, 2.05) is 48.7 Å². The van der Waals surface area contributed by atoms with Crippen LogP contribution in [0.4, 0.5) is 0 Å². The van der Waals surface area contributed by atoms with Gasteiger partial charge in [0.05, 0.1) is 28.8 Å². The van der Waals surface area contributed by atoms with Crippen LogP contribution in [0.3, 0.4) is 0 Å². The summed E-state index contributed by atoms with van der Waals surface area (Å²) in [5.41, 5.74) is 6.89. The molecule has 4 heterocycles. The Morgan fingerprint density at radius 3 is 2.53 bits per heavy atom. The van der Waals surface area contributed by atoms with Gasteiger partial charge in [-0.15, -0.1) is 0 Å². The Morgan fingerprint density at radius 1 is 1.12 bits per heavy atom. The lowest BCUT2D eigenvalue weighted by atomic mass is 9.94. The molecule has 5 rings (SSSR count). The van der Waals surface area contributed by atoms with Gasteiger partial charge < -0.3 is 5.43 Å². The Balaban J connectivity index is 1.51. The Bertz CT molecular complexity index is 1360. The van der Waals surface area contributed by atoms with Crippen LogP contribution in [-0.2, 0) is 9.84 Å². The van der Waals surface area contributed by atoms with Gasteiger partial charge in [-0.05, 0) is 24.5 Å². The summed E-state index contributed by atoms with van der Waals surface area (Å²) in [5.74, 6) is 0.591. The molecule has 2 N–H and O–H groups in total. The fourth-order valence-electron chi connectivity index (χ4n) is 4.47. The third-order valence-corrected chi connectivity index (χ3v) is 7.97. The first-order chi connectivity index (χ1) is 15.5. The van der Waals surface area contributed by atoms with Gasteiger partial charge in [0, 0.05) is 24.2 Å². The summed E-state index contributed by atoms with van der Waals surface area (Å²) >= 11 is 0. The normalized spacial score (nSPS) is 19.7. The van der Waals surface area contributed by atoms with Gasteiger partial charge in [0.15, 0.2) is 5.49 Å². The highest BCUT2D eigenvalue weighted by molar-refractivity contribution is 7.91. The maximum absolute atomic E-state index is 11.9.